The van der Waals surface area contributed by atoms with Gasteiger partial charge in [0.1, 0.15) is 0 Å². The third kappa shape index (κ3) is 5.48. The van der Waals surface area contributed by atoms with Crippen LogP contribution in [-0.2, 0) is 16.4 Å². The summed E-state index contributed by atoms with van der Waals surface area (Å²) in [4.78, 5) is 4.71. The molecule has 2 aliphatic rings. The average Bonchev–Trinajstić information content (AvgIpc) is 3.20. The number of sulfone groups is 1. The highest BCUT2D eigenvalue weighted by Crippen LogP contribution is 2.19. The summed E-state index contributed by atoms with van der Waals surface area (Å²) in [5.74, 6) is 1.67. The molecule has 2 fully saturated rings. The van der Waals surface area contributed by atoms with Crippen LogP contribution in [0.15, 0.2) is 21.8 Å². The van der Waals surface area contributed by atoms with Gasteiger partial charge >= 0.3 is 0 Å². The number of rotatable bonds is 5. The number of hydrogen-bond acceptors (Lipinski definition) is 4. The van der Waals surface area contributed by atoms with Crippen molar-refractivity contribution in [1.29, 1.82) is 0 Å². The highest BCUT2D eigenvalue weighted by atomic mass is 32.2. The minimum absolute atomic E-state index is 0.203. The predicted octanol–water partition coefficient (Wildman–Crippen LogP) is 2.55. The quantitative estimate of drug-likeness (QED) is 0.618. The standard InChI is InChI=1S/C17H27N3O2S2/c21-24(22)9-7-15(13-24)11-19-17(18-10-14-6-8-23-12-14)20-16-4-2-1-3-5-16/h6,8,12,15-16H,1-5,7,9-11,13H2,(H2,18,19,20). The summed E-state index contributed by atoms with van der Waals surface area (Å²) in [7, 11) is -2.82. The van der Waals surface area contributed by atoms with Crippen molar-refractivity contribution >= 4 is 27.1 Å². The van der Waals surface area contributed by atoms with Crippen LogP contribution >= 0.6 is 11.3 Å². The van der Waals surface area contributed by atoms with Crippen molar-refractivity contribution in [3.8, 4) is 0 Å². The highest BCUT2D eigenvalue weighted by Gasteiger charge is 2.28. The summed E-state index contributed by atoms with van der Waals surface area (Å²) < 4.78 is 23.2. The molecule has 0 radical (unpaired) electrons. The van der Waals surface area contributed by atoms with Gasteiger partial charge < -0.3 is 10.6 Å². The molecule has 1 atom stereocenters. The van der Waals surface area contributed by atoms with Gasteiger partial charge in [0, 0.05) is 12.6 Å². The van der Waals surface area contributed by atoms with Crippen LogP contribution in [0.3, 0.4) is 0 Å². The van der Waals surface area contributed by atoms with Crippen LogP contribution in [0.2, 0.25) is 0 Å². The molecule has 0 spiro atoms. The number of hydrogen-bond donors (Lipinski definition) is 2. The van der Waals surface area contributed by atoms with Crippen LogP contribution in [0.4, 0.5) is 0 Å². The van der Waals surface area contributed by atoms with Gasteiger partial charge in [-0.05, 0) is 47.6 Å². The number of thiophene rings is 1. The fourth-order valence-electron chi connectivity index (χ4n) is 3.42. The van der Waals surface area contributed by atoms with E-state index < -0.39 is 9.84 Å². The second-order valence-electron chi connectivity index (χ2n) is 6.93. The smallest absolute Gasteiger partial charge is 0.191 e. The van der Waals surface area contributed by atoms with E-state index in [0.29, 0.717) is 30.6 Å². The molecule has 1 aliphatic carbocycles. The van der Waals surface area contributed by atoms with Gasteiger partial charge in [-0.25, -0.2) is 13.4 Å². The van der Waals surface area contributed by atoms with E-state index in [1.165, 1.54) is 37.7 Å². The van der Waals surface area contributed by atoms with Gasteiger partial charge in [-0.2, -0.15) is 11.3 Å². The molecule has 2 N–H and O–H groups in total. The minimum Gasteiger partial charge on any atom is -0.356 e. The number of aliphatic imine (C=N–C) groups is 1. The normalized spacial score (nSPS) is 24.8. The molecule has 2 heterocycles. The van der Waals surface area contributed by atoms with E-state index in [1.54, 1.807) is 11.3 Å². The van der Waals surface area contributed by atoms with Gasteiger partial charge in [0.05, 0.1) is 18.1 Å². The highest BCUT2D eigenvalue weighted by molar-refractivity contribution is 7.91. The molecule has 1 aromatic heterocycles. The fraction of sp³-hybridized carbons (Fsp3) is 0.706. The summed E-state index contributed by atoms with van der Waals surface area (Å²) in [5.41, 5.74) is 1.22. The van der Waals surface area contributed by atoms with Gasteiger partial charge in [-0.1, -0.05) is 19.3 Å². The topological polar surface area (TPSA) is 70.6 Å². The first kappa shape index (κ1) is 17.7. The maximum Gasteiger partial charge on any atom is 0.191 e. The van der Waals surface area contributed by atoms with Gasteiger partial charge in [-0.3, -0.25) is 0 Å². The zero-order valence-electron chi connectivity index (χ0n) is 14.0. The largest absolute Gasteiger partial charge is 0.356 e. The van der Waals surface area contributed by atoms with Crippen molar-refractivity contribution in [1.82, 2.24) is 10.6 Å². The third-order valence-corrected chi connectivity index (χ3v) is 7.40. The molecule has 5 nitrogen and oxygen atoms in total. The predicted molar refractivity (Wildman–Crippen MR) is 100 cm³/mol. The molecule has 1 aliphatic heterocycles. The van der Waals surface area contributed by atoms with E-state index in [0.717, 1.165) is 12.4 Å². The summed E-state index contributed by atoms with van der Waals surface area (Å²) in [6, 6.07) is 2.58. The van der Waals surface area contributed by atoms with Gasteiger partial charge in [0.15, 0.2) is 15.8 Å². The second-order valence-corrected chi connectivity index (χ2v) is 9.93. The molecule has 0 amide bonds. The Morgan fingerprint density at radius 1 is 1.25 bits per heavy atom. The Kier molecular flexibility index (Phi) is 6.16. The van der Waals surface area contributed by atoms with Gasteiger partial charge in [0.2, 0.25) is 0 Å². The Hall–Kier alpha value is -1.08. The zero-order valence-corrected chi connectivity index (χ0v) is 15.7. The van der Waals surface area contributed by atoms with Crippen LogP contribution in [0.1, 0.15) is 44.1 Å². The summed E-state index contributed by atoms with van der Waals surface area (Å²) in [5, 5.41) is 11.1. The van der Waals surface area contributed by atoms with Gasteiger partial charge in [0.25, 0.3) is 0 Å². The van der Waals surface area contributed by atoms with Crippen molar-refractivity contribution in [2.24, 2.45) is 10.9 Å². The molecule has 1 saturated heterocycles. The van der Waals surface area contributed by atoms with Crippen molar-refractivity contribution in [2.45, 2.75) is 51.1 Å². The lowest BCUT2D eigenvalue weighted by molar-refractivity contribution is 0.408. The lowest BCUT2D eigenvalue weighted by Crippen LogP contribution is -2.45. The maximum atomic E-state index is 11.6. The van der Waals surface area contributed by atoms with Crippen LogP contribution in [-0.4, -0.2) is 38.5 Å². The molecule has 1 aromatic rings. The summed E-state index contributed by atoms with van der Waals surface area (Å²) >= 11 is 1.68. The van der Waals surface area contributed by atoms with E-state index in [9.17, 15) is 8.42 Å². The van der Waals surface area contributed by atoms with Crippen molar-refractivity contribution in [3.05, 3.63) is 22.4 Å². The SMILES string of the molecule is O=S1(=O)CCC(CNC(=NCc2ccsc2)NC2CCCCC2)C1. The summed E-state index contributed by atoms with van der Waals surface area (Å²) in [6.07, 6.45) is 7.02. The Bertz CT molecular complexity index is 635. The van der Waals surface area contributed by atoms with E-state index in [-0.39, 0.29) is 5.92 Å². The maximum absolute atomic E-state index is 11.6. The molecule has 1 saturated carbocycles. The van der Waals surface area contributed by atoms with Crippen LogP contribution in [0, 0.1) is 5.92 Å². The first-order valence-corrected chi connectivity index (χ1v) is 11.6. The molecule has 0 bridgehead atoms. The second kappa shape index (κ2) is 8.34. The molecule has 3 rings (SSSR count). The van der Waals surface area contributed by atoms with Crippen molar-refractivity contribution in [2.75, 3.05) is 18.1 Å². The first-order chi connectivity index (χ1) is 11.6. The Balaban J connectivity index is 1.56. The van der Waals surface area contributed by atoms with Crippen LogP contribution in [0.25, 0.3) is 0 Å². The number of guanidine groups is 1. The molecule has 7 heteroatoms. The molecule has 0 aromatic carbocycles. The Labute approximate surface area is 148 Å². The van der Waals surface area contributed by atoms with E-state index >= 15 is 0 Å². The van der Waals surface area contributed by atoms with Crippen molar-refractivity contribution in [3.63, 3.8) is 0 Å². The molecular weight excluding hydrogens is 342 g/mol. The minimum atomic E-state index is -2.82. The molecule has 134 valence electrons. The fourth-order valence-corrected chi connectivity index (χ4v) is 5.94. The van der Waals surface area contributed by atoms with Crippen LogP contribution in [0.5, 0.6) is 0 Å². The Morgan fingerprint density at radius 2 is 2.08 bits per heavy atom. The average molecular weight is 370 g/mol. The first-order valence-electron chi connectivity index (χ1n) is 8.87. The molecular formula is C17H27N3O2S2. The number of nitrogens with one attached hydrogen (secondary N) is 2. The molecule has 24 heavy (non-hydrogen) atoms. The van der Waals surface area contributed by atoms with E-state index in [4.69, 9.17) is 4.99 Å². The third-order valence-electron chi connectivity index (χ3n) is 4.83. The van der Waals surface area contributed by atoms with Crippen LogP contribution < -0.4 is 10.6 Å². The van der Waals surface area contributed by atoms with E-state index in [2.05, 4.69) is 27.5 Å². The van der Waals surface area contributed by atoms with Crippen molar-refractivity contribution < 1.29 is 8.42 Å². The lowest BCUT2D eigenvalue weighted by atomic mass is 9.96. The lowest BCUT2D eigenvalue weighted by Gasteiger charge is -2.25. The monoisotopic (exact) mass is 369 g/mol. The van der Waals surface area contributed by atoms with Gasteiger partial charge in [-0.15, -0.1) is 0 Å². The zero-order chi connectivity index (χ0) is 16.8. The number of nitrogens with zero attached hydrogens (tertiary/aromatic N) is 1. The Morgan fingerprint density at radius 3 is 2.75 bits per heavy atom. The van der Waals surface area contributed by atoms with E-state index in [1.807, 2.05) is 0 Å². The summed E-state index contributed by atoms with van der Waals surface area (Å²) in [6.45, 7) is 1.34. The molecule has 1 unspecified atom stereocenters.